The van der Waals surface area contributed by atoms with E-state index in [0.29, 0.717) is 12.8 Å². The Morgan fingerprint density at radius 2 is 2.25 bits per heavy atom. The third-order valence-corrected chi connectivity index (χ3v) is 3.33. The number of aliphatic carboxylic acids is 1. The van der Waals surface area contributed by atoms with Gasteiger partial charge >= 0.3 is 5.97 Å². The van der Waals surface area contributed by atoms with E-state index in [9.17, 15) is 9.90 Å². The van der Waals surface area contributed by atoms with E-state index >= 15 is 0 Å². The SMILES string of the molecule is Cc1ccc2c(c1)C(O)(CCC(=O)O)CC2. The molecule has 0 bridgehead atoms. The first kappa shape index (κ1) is 11.1. The molecule has 3 nitrogen and oxygen atoms in total. The van der Waals surface area contributed by atoms with Gasteiger partial charge in [0.1, 0.15) is 0 Å². The average molecular weight is 220 g/mol. The minimum absolute atomic E-state index is 0.0177. The third-order valence-electron chi connectivity index (χ3n) is 3.33. The number of carboxylic acid groups (broad SMARTS) is 1. The minimum Gasteiger partial charge on any atom is -0.481 e. The van der Waals surface area contributed by atoms with Crippen LogP contribution in [0, 0.1) is 6.92 Å². The second-order valence-electron chi connectivity index (χ2n) is 4.59. The van der Waals surface area contributed by atoms with E-state index in [1.807, 2.05) is 25.1 Å². The summed E-state index contributed by atoms with van der Waals surface area (Å²) in [6.07, 6.45) is 1.80. The van der Waals surface area contributed by atoms with E-state index in [1.165, 1.54) is 0 Å². The van der Waals surface area contributed by atoms with E-state index < -0.39 is 11.6 Å². The zero-order valence-corrected chi connectivity index (χ0v) is 9.36. The lowest BCUT2D eigenvalue weighted by atomic mass is 9.90. The van der Waals surface area contributed by atoms with Crippen molar-refractivity contribution in [3.05, 3.63) is 34.9 Å². The van der Waals surface area contributed by atoms with Crippen LogP contribution >= 0.6 is 0 Å². The Morgan fingerprint density at radius 1 is 1.50 bits per heavy atom. The monoisotopic (exact) mass is 220 g/mol. The van der Waals surface area contributed by atoms with Crippen LogP contribution in [0.15, 0.2) is 18.2 Å². The molecule has 86 valence electrons. The summed E-state index contributed by atoms with van der Waals surface area (Å²) in [6, 6.07) is 6.04. The molecule has 0 aliphatic heterocycles. The summed E-state index contributed by atoms with van der Waals surface area (Å²) in [6.45, 7) is 1.98. The number of hydrogen-bond donors (Lipinski definition) is 2. The van der Waals surface area contributed by atoms with E-state index in [2.05, 4.69) is 0 Å². The molecule has 1 atom stereocenters. The van der Waals surface area contributed by atoms with Gasteiger partial charge in [-0.05, 0) is 37.3 Å². The smallest absolute Gasteiger partial charge is 0.303 e. The zero-order valence-electron chi connectivity index (χ0n) is 9.36. The molecule has 0 saturated carbocycles. The Balaban J connectivity index is 2.26. The van der Waals surface area contributed by atoms with Gasteiger partial charge < -0.3 is 10.2 Å². The first-order valence-corrected chi connectivity index (χ1v) is 5.55. The van der Waals surface area contributed by atoms with Crippen LogP contribution in [0.2, 0.25) is 0 Å². The van der Waals surface area contributed by atoms with Gasteiger partial charge in [0, 0.05) is 6.42 Å². The summed E-state index contributed by atoms with van der Waals surface area (Å²) < 4.78 is 0. The molecule has 0 aromatic heterocycles. The second-order valence-corrected chi connectivity index (χ2v) is 4.59. The average Bonchev–Trinajstić information content (AvgIpc) is 2.55. The third kappa shape index (κ3) is 1.95. The molecule has 1 aromatic rings. The number of aryl methyl sites for hydroxylation is 2. The van der Waals surface area contributed by atoms with E-state index in [0.717, 1.165) is 23.1 Å². The van der Waals surface area contributed by atoms with Gasteiger partial charge in [-0.15, -0.1) is 0 Å². The topological polar surface area (TPSA) is 57.5 Å². The Bertz CT molecular complexity index is 425. The Morgan fingerprint density at radius 3 is 2.94 bits per heavy atom. The van der Waals surface area contributed by atoms with Crippen LogP contribution in [0.25, 0.3) is 0 Å². The highest BCUT2D eigenvalue weighted by Gasteiger charge is 2.36. The van der Waals surface area contributed by atoms with Crippen molar-refractivity contribution < 1.29 is 15.0 Å². The van der Waals surface area contributed by atoms with Gasteiger partial charge in [-0.2, -0.15) is 0 Å². The molecule has 1 aliphatic carbocycles. The second kappa shape index (κ2) is 3.91. The minimum atomic E-state index is -0.931. The number of aliphatic hydroxyl groups is 1. The number of benzene rings is 1. The van der Waals surface area contributed by atoms with Gasteiger partial charge in [-0.3, -0.25) is 4.79 Å². The number of rotatable bonds is 3. The molecule has 0 spiro atoms. The predicted octanol–water partition coefficient (Wildman–Crippen LogP) is 1.99. The normalized spacial score (nSPS) is 23.1. The molecule has 3 heteroatoms. The fraction of sp³-hybridized carbons (Fsp3) is 0.462. The zero-order chi connectivity index (χ0) is 11.8. The van der Waals surface area contributed by atoms with Gasteiger partial charge in [0.2, 0.25) is 0 Å². The van der Waals surface area contributed by atoms with E-state index in [-0.39, 0.29) is 6.42 Å². The number of fused-ring (bicyclic) bond motifs is 1. The Labute approximate surface area is 94.7 Å². The number of hydrogen-bond acceptors (Lipinski definition) is 2. The molecule has 1 aliphatic rings. The van der Waals surface area contributed by atoms with E-state index in [1.54, 1.807) is 0 Å². The summed E-state index contributed by atoms with van der Waals surface area (Å²) in [5.41, 5.74) is 2.25. The van der Waals surface area contributed by atoms with Gasteiger partial charge in [0.15, 0.2) is 0 Å². The van der Waals surface area contributed by atoms with Crippen LogP contribution in [0.4, 0.5) is 0 Å². The largest absolute Gasteiger partial charge is 0.481 e. The predicted molar refractivity (Wildman–Crippen MR) is 60.3 cm³/mol. The maximum atomic E-state index is 10.6. The molecular weight excluding hydrogens is 204 g/mol. The lowest BCUT2D eigenvalue weighted by Crippen LogP contribution is -2.23. The maximum absolute atomic E-state index is 10.6. The molecule has 2 N–H and O–H groups in total. The van der Waals surface area contributed by atoms with Crippen LogP contribution in [0.5, 0.6) is 0 Å². The summed E-state index contributed by atoms with van der Waals surface area (Å²) in [5.74, 6) is -0.852. The van der Waals surface area contributed by atoms with Crippen molar-refractivity contribution in [2.45, 2.75) is 38.2 Å². The van der Waals surface area contributed by atoms with Crippen LogP contribution in [-0.2, 0) is 16.8 Å². The Hall–Kier alpha value is -1.35. The highest BCUT2D eigenvalue weighted by atomic mass is 16.4. The van der Waals surface area contributed by atoms with Crippen molar-refractivity contribution in [2.75, 3.05) is 0 Å². The molecule has 1 aromatic carbocycles. The van der Waals surface area contributed by atoms with Gasteiger partial charge in [0.25, 0.3) is 0 Å². The molecule has 16 heavy (non-hydrogen) atoms. The van der Waals surface area contributed by atoms with Crippen molar-refractivity contribution in [3.63, 3.8) is 0 Å². The molecular formula is C13H16O3. The standard InChI is InChI=1S/C13H16O3/c1-9-2-3-10-4-6-13(16,11(10)8-9)7-5-12(14)15/h2-3,8,16H,4-7H2,1H3,(H,14,15). The fourth-order valence-electron chi connectivity index (χ4n) is 2.39. The summed E-state index contributed by atoms with van der Waals surface area (Å²) in [7, 11) is 0. The molecule has 0 fully saturated rings. The molecule has 2 rings (SSSR count). The lowest BCUT2D eigenvalue weighted by Gasteiger charge is -2.23. The van der Waals surface area contributed by atoms with Crippen molar-refractivity contribution in [3.8, 4) is 0 Å². The fourth-order valence-corrected chi connectivity index (χ4v) is 2.39. The van der Waals surface area contributed by atoms with Crippen molar-refractivity contribution in [2.24, 2.45) is 0 Å². The summed E-state index contributed by atoms with van der Waals surface area (Å²) in [5, 5.41) is 19.1. The van der Waals surface area contributed by atoms with Crippen molar-refractivity contribution in [1.82, 2.24) is 0 Å². The van der Waals surface area contributed by atoms with Crippen LogP contribution in [-0.4, -0.2) is 16.2 Å². The molecule has 0 amide bonds. The lowest BCUT2D eigenvalue weighted by molar-refractivity contribution is -0.138. The van der Waals surface area contributed by atoms with Crippen LogP contribution in [0.3, 0.4) is 0 Å². The molecule has 0 heterocycles. The van der Waals surface area contributed by atoms with Gasteiger partial charge in [0.05, 0.1) is 5.60 Å². The maximum Gasteiger partial charge on any atom is 0.303 e. The first-order chi connectivity index (χ1) is 7.51. The van der Waals surface area contributed by atoms with Crippen LogP contribution in [0.1, 0.15) is 36.0 Å². The van der Waals surface area contributed by atoms with Crippen LogP contribution < -0.4 is 0 Å². The molecule has 0 saturated heterocycles. The van der Waals surface area contributed by atoms with Gasteiger partial charge in [-0.25, -0.2) is 0 Å². The highest BCUT2D eigenvalue weighted by molar-refractivity contribution is 5.66. The van der Waals surface area contributed by atoms with Gasteiger partial charge in [-0.1, -0.05) is 23.8 Å². The van der Waals surface area contributed by atoms with Crippen molar-refractivity contribution in [1.29, 1.82) is 0 Å². The number of carboxylic acids is 1. The molecule has 0 radical (unpaired) electrons. The van der Waals surface area contributed by atoms with E-state index in [4.69, 9.17) is 5.11 Å². The molecule has 1 unspecified atom stereocenters. The number of carbonyl (C=O) groups is 1. The summed E-state index contributed by atoms with van der Waals surface area (Å²) in [4.78, 5) is 10.6. The first-order valence-electron chi connectivity index (χ1n) is 5.55. The summed E-state index contributed by atoms with van der Waals surface area (Å²) >= 11 is 0. The highest BCUT2D eigenvalue weighted by Crippen LogP contribution is 2.40. The Kier molecular flexibility index (Phi) is 2.72. The van der Waals surface area contributed by atoms with Crippen molar-refractivity contribution >= 4 is 5.97 Å². The quantitative estimate of drug-likeness (QED) is 0.819.